The number of aromatic nitrogens is 2. The van der Waals surface area contributed by atoms with E-state index >= 15 is 0 Å². The molecule has 0 saturated carbocycles. The van der Waals surface area contributed by atoms with Crippen LogP contribution in [0.5, 0.6) is 0 Å². The van der Waals surface area contributed by atoms with Crippen molar-refractivity contribution in [2.45, 2.75) is 11.9 Å². The van der Waals surface area contributed by atoms with Gasteiger partial charge in [0.25, 0.3) is 10.0 Å². The van der Waals surface area contributed by atoms with Crippen LogP contribution >= 0.6 is 0 Å². The van der Waals surface area contributed by atoms with E-state index < -0.39 is 15.8 Å². The summed E-state index contributed by atoms with van der Waals surface area (Å²) >= 11 is 0. The summed E-state index contributed by atoms with van der Waals surface area (Å²) in [7, 11) is -3.96. The molecule has 0 aliphatic rings. The van der Waals surface area contributed by atoms with Crippen molar-refractivity contribution in [1.82, 2.24) is 9.97 Å². The average molecular weight is 298 g/mol. The van der Waals surface area contributed by atoms with Crippen LogP contribution in [0.25, 0.3) is 0 Å². The standard InChI is InChI=1S/C11H11FN4O3S/c1-7(17)15-8-2-3-9(12)10(4-8)16-20(18,19)11-5-13-6-14-11/h2-6,16H,1H3,(H,13,14)(H,15,17). The SMILES string of the molecule is CC(=O)Nc1ccc(F)c(NS(=O)(=O)c2cnc[nH]2)c1. The van der Waals surface area contributed by atoms with Crippen molar-refractivity contribution in [2.75, 3.05) is 10.0 Å². The quantitative estimate of drug-likeness (QED) is 0.791. The summed E-state index contributed by atoms with van der Waals surface area (Å²) in [5, 5.41) is 2.24. The van der Waals surface area contributed by atoms with Crippen LogP contribution in [0.15, 0.2) is 35.7 Å². The van der Waals surface area contributed by atoms with Gasteiger partial charge in [-0.3, -0.25) is 9.52 Å². The van der Waals surface area contributed by atoms with Crippen LogP contribution in [0.3, 0.4) is 0 Å². The van der Waals surface area contributed by atoms with Gasteiger partial charge in [0.2, 0.25) is 5.91 Å². The van der Waals surface area contributed by atoms with Crippen molar-refractivity contribution < 1.29 is 17.6 Å². The topological polar surface area (TPSA) is 104 Å². The van der Waals surface area contributed by atoms with Gasteiger partial charge in [-0.05, 0) is 18.2 Å². The summed E-state index contributed by atoms with van der Waals surface area (Å²) in [6, 6.07) is 3.56. The fraction of sp³-hybridized carbons (Fsp3) is 0.0909. The number of hydrogen-bond donors (Lipinski definition) is 3. The summed E-state index contributed by atoms with van der Waals surface area (Å²) in [5.41, 5.74) is 0.00654. The summed E-state index contributed by atoms with van der Waals surface area (Å²) in [4.78, 5) is 16.9. The Bertz CT molecular complexity index is 728. The van der Waals surface area contributed by atoms with Crippen molar-refractivity contribution in [3.05, 3.63) is 36.5 Å². The number of anilines is 2. The normalized spacial score (nSPS) is 11.1. The van der Waals surface area contributed by atoms with E-state index in [-0.39, 0.29) is 22.3 Å². The average Bonchev–Trinajstić information content (AvgIpc) is 2.87. The number of carbonyl (C=O) groups is 1. The molecule has 9 heteroatoms. The molecule has 0 unspecified atom stereocenters. The molecule has 0 fully saturated rings. The first-order valence-electron chi connectivity index (χ1n) is 5.47. The molecule has 106 valence electrons. The second-order valence-corrected chi connectivity index (χ2v) is 5.55. The Kier molecular flexibility index (Phi) is 3.70. The maximum Gasteiger partial charge on any atom is 0.279 e. The molecule has 0 aliphatic heterocycles. The highest BCUT2D eigenvalue weighted by Gasteiger charge is 2.18. The third-order valence-corrected chi connectivity index (χ3v) is 3.58. The highest BCUT2D eigenvalue weighted by molar-refractivity contribution is 7.92. The number of imidazole rings is 1. The summed E-state index contributed by atoms with van der Waals surface area (Å²) in [5.74, 6) is -1.11. The number of hydrogen-bond acceptors (Lipinski definition) is 4. The van der Waals surface area contributed by atoms with Gasteiger partial charge in [-0.1, -0.05) is 0 Å². The van der Waals surface area contributed by atoms with Crippen LogP contribution in [0.1, 0.15) is 6.92 Å². The molecular formula is C11H11FN4O3S. The maximum absolute atomic E-state index is 13.6. The van der Waals surface area contributed by atoms with E-state index in [1.54, 1.807) is 0 Å². The zero-order chi connectivity index (χ0) is 14.8. The molecule has 2 rings (SSSR count). The molecule has 0 atom stereocenters. The smallest absolute Gasteiger partial charge is 0.279 e. The van der Waals surface area contributed by atoms with Gasteiger partial charge in [0.05, 0.1) is 18.2 Å². The third-order valence-electron chi connectivity index (χ3n) is 2.29. The number of sulfonamides is 1. The molecule has 1 amide bonds. The Labute approximate surface area is 114 Å². The number of carbonyl (C=O) groups excluding carboxylic acids is 1. The monoisotopic (exact) mass is 298 g/mol. The number of halogens is 1. The van der Waals surface area contributed by atoms with Crippen molar-refractivity contribution in [3.63, 3.8) is 0 Å². The summed E-state index contributed by atoms with van der Waals surface area (Å²) in [6.45, 7) is 1.29. The molecule has 0 aliphatic carbocycles. The van der Waals surface area contributed by atoms with Gasteiger partial charge < -0.3 is 10.3 Å². The molecule has 0 spiro atoms. The van der Waals surface area contributed by atoms with Crippen LogP contribution < -0.4 is 10.0 Å². The molecule has 0 radical (unpaired) electrons. The molecule has 2 aromatic rings. The minimum Gasteiger partial charge on any atom is -0.334 e. The van der Waals surface area contributed by atoms with E-state index in [9.17, 15) is 17.6 Å². The van der Waals surface area contributed by atoms with Crippen LogP contribution in [-0.2, 0) is 14.8 Å². The lowest BCUT2D eigenvalue weighted by Gasteiger charge is -2.09. The lowest BCUT2D eigenvalue weighted by atomic mass is 10.2. The van der Waals surface area contributed by atoms with Gasteiger partial charge in [-0.2, -0.15) is 8.42 Å². The first-order valence-corrected chi connectivity index (χ1v) is 6.95. The van der Waals surface area contributed by atoms with Gasteiger partial charge >= 0.3 is 0 Å². The zero-order valence-corrected chi connectivity index (χ0v) is 11.2. The van der Waals surface area contributed by atoms with E-state index in [1.807, 2.05) is 0 Å². The minimum atomic E-state index is -3.96. The van der Waals surface area contributed by atoms with E-state index in [1.165, 1.54) is 25.4 Å². The number of nitrogens with zero attached hydrogens (tertiary/aromatic N) is 1. The summed E-state index contributed by atoms with van der Waals surface area (Å²) < 4.78 is 39.5. The lowest BCUT2D eigenvalue weighted by molar-refractivity contribution is -0.114. The summed E-state index contributed by atoms with van der Waals surface area (Å²) in [6.07, 6.45) is 2.29. The second-order valence-electron chi connectivity index (χ2n) is 3.90. The fourth-order valence-electron chi connectivity index (χ4n) is 1.47. The molecule has 1 aromatic heterocycles. The number of amides is 1. The number of aromatic amines is 1. The molecule has 0 saturated heterocycles. The molecule has 1 heterocycles. The third kappa shape index (κ3) is 3.12. The predicted octanol–water partition coefficient (Wildman–Crippen LogP) is 1.31. The first kappa shape index (κ1) is 14.0. The van der Waals surface area contributed by atoms with E-state index in [0.717, 1.165) is 12.3 Å². The first-order chi connectivity index (χ1) is 9.38. The van der Waals surface area contributed by atoms with Crippen LogP contribution in [0.2, 0.25) is 0 Å². The largest absolute Gasteiger partial charge is 0.334 e. The number of nitrogens with one attached hydrogen (secondary N) is 3. The van der Waals surface area contributed by atoms with Gasteiger partial charge in [-0.15, -0.1) is 0 Å². The Morgan fingerprint density at radius 3 is 2.75 bits per heavy atom. The van der Waals surface area contributed by atoms with Crippen LogP contribution in [0, 0.1) is 5.82 Å². The Hall–Kier alpha value is -2.42. The predicted molar refractivity (Wildman–Crippen MR) is 70.1 cm³/mol. The fourth-order valence-corrected chi connectivity index (χ4v) is 2.44. The van der Waals surface area contributed by atoms with Crippen molar-refractivity contribution in [1.29, 1.82) is 0 Å². The Morgan fingerprint density at radius 2 is 2.15 bits per heavy atom. The Morgan fingerprint density at radius 1 is 1.40 bits per heavy atom. The molecule has 7 nitrogen and oxygen atoms in total. The van der Waals surface area contributed by atoms with Gasteiger partial charge in [-0.25, -0.2) is 9.37 Å². The highest BCUT2D eigenvalue weighted by atomic mass is 32.2. The highest BCUT2D eigenvalue weighted by Crippen LogP contribution is 2.22. The zero-order valence-electron chi connectivity index (χ0n) is 10.3. The lowest BCUT2D eigenvalue weighted by Crippen LogP contribution is -2.15. The van der Waals surface area contributed by atoms with E-state index in [0.29, 0.717) is 0 Å². The van der Waals surface area contributed by atoms with Gasteiger partial charge in [0.1, 0.15) is 5.82 Å². The molecule has 3 N–H and O–H groups in total. The molecule has 20 heavy (non-hydrogen) atoms. The Balaban J connectivity index is 2.31. The van der Waals surface area contributed by atoms with Crippen LogP contribution in [-0.4, -0.2) is 24.3 Å². The second kappa shape index (κ2) is 5.29. The van der Waals surface area contributed by atoms with Crippen molar-refractivity contribution in [2.24, 2.45) is 0 Å². The van der Waals surface area contributed by atoms with Crippen LogP contribution in [0.4, 0.5) is 15.8 Å². The molecule has 1 aromatic carbocycles. The maximum atomic E-state index is 13.6. The van der Waals surface area contributed by atoms with E-state index in [2.05, 4.69) is 20.0 Å². The number of H-pyrrole nitrogens is 1. The van der Waals surface area contributed by atoms with Crippen molar-refractivity contribution in [3.8, 4) is 0 Å². The molecule has 0 bridgehead atoms. The van der Waals surface area contributed by atoms with E-state index in [4.69, 9.17) is 0 Å². The number of benzene rings is 1. The van der Waals surface area contributed by atoms with Gasteiger partial charge in [0.15, 0.2) is 5.03 Å². The van der Waals surface area contributed by atoms with Crippen molar-refractivity contribution >= 4 is 27.3 Å². The van der Waals surface area contributed by atoms with Gasteiger partial charge in [0, 0.05) is 12.6 Å². The number of rotatable bonds is 4. The molecular weight excluding hydrogens is 287 g/mol. The minimum absolute atomic E-state index is 0.193.